The molecule has 4 rings (SSSR count). The molecule has 2 aliphatic heterocycles. The number of ether oxygens (including phenoxy) is 1. The van der Waals surface area contributed by atoms with Gasteiger partial charge >= 0.3 is 0 Å². The number of benzene rings is 2. The van der Waals surface area contributed by atoms with Crippen LogP contribution in [0, 0.1) is 23.0 Å². The van der Waals surface area contributed by atoms with Crippen molar-refractivity contribution in [1.82, 2.24) is 4.90 Å². The number of hydrogen-bond acceptors (Lipinski definition) is 4. The molecular weight excluding hydrogens is 336 g/mol. The normalized spacial score (nSPS) is 16.9. The lowest BCUT2D eigenvalue weighted by Crippen LogP contribution is -2.46. The molecule has 2 aliphatic rings. The number of halogens is 2. The highest BCUT2D eigenvalue weighted by Gasteiger charge is 2.23. The summed E-state index contributed by atoms with van der Waals surface area (Å²) in [5.74, 6) is -0.368. The van der Waals surface area contributed by atoms with E-state index in [2.05, 4.69) is 17.0 Å². The molecule has 0 aromatic heterocycles. The van der Waals surface area contributed by atoms with Crippen LogP contribution in [-0.2, 0) is 13.0 Å². The molecule has 2 aromatic rings. The molecule has 0 amide bonds. The van der Waals surface area contributed by atoms with Gasteiger partial charge in [-0.3, -0.25) is 4.90 Å². The van der Waals surface area contributed by atoms with E-state index in [1.165, 1.54) is 11.1 Å². The second kappa shape index (κ2) is 6.93. The van der Waals surface area contributed by atoms with Gasteiger partial charge in [0.05, 0.1) is 18.2 Å². The maximum atomic E-state index is 14.2. The molecule has 0 atom stereocenters. The minimum Gasteiger partial charge on any atom is -0.493 e. The first-order valence-electron chi connectivity index (χ1n) is 8.75. The minimum absolute atomic E-state index is 0.00275. The quantitative estimate of drug-likeness (QED) is 0.848. The SMILES string of the molecule is N#Cc1cc(F)c(N2CCN(Cc3ccc4c(c3)CCO4)CC2)c(F)c1. The highest BCUT2D eigenvalue weighted by Crippen LogP contribution is 2.28. The zero-order valence-electron chi connectivity index (χ0n) is 14.3. The molecule has 0 unspecified atom stereocenters. The number of rotatable bonds is 3. The van der Waals surface area contributed by atoms with Crippen molar-refractivity contribution in [2.75, 3.05) is 37.7 Å². The number of hydrogen-bond donors (Lipinski definition) is 0. The van der Waals surface area contributed by atoms with Gasteiger partial charge in [-0.15, -0.1) is 0 Å². The smallest absolute Gasteiger partial charge is 0.150 e. The van der Waals surface area contributed by atoms with Crippen LogP contribution in [0.1, 0.15) is 16.7 Å². The second-order valence-corrected chi connectivity index (χ2v) is 6.70. The Bertz CT molecular complexity index is 847. The lowest BCUT2D eigenvalue weighted by Gasteiger charge is -2.36. The summed E-state index contributed by atoms with van der Waals surface area (Å²) < 4.78 is 33.9. The van der Waals surface area contributed by atoms with E-state index in [-0.39, 0.29) is 11.3 Å². The zero-order chi connectivity index (χ0) is 18.1. The summed E-state index contributed by atoms with van der Waals surface area (Å²) in [6, 6.07) is 10.3. The molecular formula is C20H19F2N3O. The first-order valence-corrected chi connectivity index (χ1v) is 8.75. The number of nitriles is 1. The van der Waals surface area contributed by atoms with Crippen LogP contribution in [0.15, 0.2) is 30.3 Å². The summed E-state index contributed by atoms with van der Waals surface area (Å²) in [5, 5.41) is 8.81. The van der Waals surface area contributed by atoms with Gasteiger partial charge in [0.25, 0.3) is 0 Å². The highest BCUT2D eigenvalue weighted by atomic mass is 19.1. The number of anilines is 1. The Hall–Kier alpha value is -2.65. The van der Waals surface area contributed by atoms with Crippen LogP contribution >= 0.6 is 0 Å². The summed E-state index contributed by atoms with van der Waals surface area (Å²) in [5.41, 5.74) is 2.46. The van der Waals surface area contributed by atoms with Crippen molar-refractivity contribution in [2.24, 2.45) is 0 Å². The fourth-order valence-corrected chi connectivity index (χ4v) is 3.66. The molecule has 6 heteroatoms. The summed E-state index contributed by atoms with van der Waals surface area (Å²) in [6.07, 6.45) is 0.953. The maximum Gasteiger partial charge on any atom is 0.150 e. The molecule has 1 fully saturated rings. The lowest BCUT2D eigenvalue weighted by atomic mass is 10.1. The average molecular weight is 355 g/mol. The molecule has 134 valence electrons. The second-order valence-electron chi connectivity index (χ2n) is 6.70. The van der Waals surface area contributed by atoms with Crippen molar-refractivity contribution in [3.63, 3.8) is 0 Å². The Morgan fingerprint density at radius 3 is 2.46 bits per heavy atom. The lowest BCUT2D eigenvalue weighted by molar-refractivity contribution is 0.248. The molecule has 26 heavy (non-hydrogen) atoms. The molecule has 0 radical (unpaired) electrons. The van der Waals surface area contributed by atoms with Gasteiger partial charge in [-0.25, -0.2) is 8.78 Å². The minimum atomic E-state index is -0.673. The fraction of sp³-hybridized carbons (Fsp3) is 0.350. The van der Waals surface area contributed by atoms with E-state index in [1.54, 1.807) is 11.0 Å². The Labute approximate surface area is 151 Å². The first kappa shape index (κ1) is 16.8. The molecule has 0 aliphatic carbocycles. The molecule has 0 saturated carbocycles. The largest absolute Gasteiger partial charge is 0.493 e. The fourth-order valence-electron chi connectivity index (χ4n) is 3.66. The van der Waals surface area contributed by atoms with E-state index in [9.17, 15) is 8.78 Å². The Morgan fingerprint density at radius 1 is 1.04 bits per heavy atom. The topological polar surface area (TPSA) is 39.5 Å². The summed E-state index contributed by atoms with van der Waals surface area (Å²) in [7, 11) is 0. The van der Waals surface area contributed by atoms with Gasteiger partial charge in [0.1, 0.15) is 11.4 Å². The predicted octanol–water partition coefficient (Wildman–Crippen LogP) is 3.09. The van der Waals surface area contributed by atoms with Crippen LogP contribution in [0.2, 0.25) is 0 Å². The Kier molecular flexibility index (Phi) is 4.48. The van der Waals surface area contributed by atoms with Gasteiger partial charge < -0.3 is 9.64 Å². The van der Waals surface area contributed by atoms with E-state index in [0.29, 0.717) is 13.1 Å². The third kappa shape index (κ3) is 3.23. The third-order valence-corrected chi connectivity index (χ3v) is 4.99. The van der Waals surface area contributed by atoms with Crippen LogP contribution in [0.3, 0.4) is 0 Å². The van der Waals surface area contributed by atoms with Crippen molar-refractivity contribution < 1.29 is 13.5 Å². The molecule has 0 bridgehead atoms. The molecule has 0 spiro atoms. The average Bonchev–Trinajstić information content (AvgIpc) is 3.10. The predicted molar refractivity (Wildman–Crippen MR) is 94.2 cm³/mol. The highest BCUT2D eigenvalue weighted by molar-refractivity contribution is 5.53. The standard InChI is InChI=1S/C20H19F2N3O/c21-17-10-15(12-23)11-18(22)20(17)25-6-4-24(5-7-25)13-14-1-2-19-16(9-14)3-8-26-19/h1-2,9-11H,3-8,13H2. The Balaban J connectivity index is 1.41. The van der Waals surface area contributed by atoms with Gasteiger partial charge in [-0.2, -0.15) is 5.26 Å². The van der Waals surface area contributed by atoms with Gasteiger partial charge in [0.15, 0.2) is 11.6 Å². The van der Waals surface area contributed by atoms with Gasteiger partial charge in [-0.1, -0.05) is 12.1 Å². The van der Waals surface area contributed by atoms with Crippen LogP contribution in [0.25, 0.3) is 0 Å². The number of piperazine rings is 1. The van der Waals surface area contributed by atoms with Crippen LogP contribution in [-0.4, -0.2) is 37.7 Å². The van der Waals surface area contributed by atoms with Gasteiger partial charge in [0, 0.05) is 39.1 Å². The number of nitrogens with zero attached hydrogens (tertiary/aromatic N) is 3. The maximum absolute atomic E-state index is 14.2. The van der Waals surface area contributed by atoms with Crippen molar-refractivity contribution in [1.29, 1.82) is 5.26 Å². The van der Waals surface area contributed by atoms with E-state index in [4.69, 9.17) is 10.00 Å². The first-order chi connectivity index (χ1) is 12.6. The van der Waals surface area contributed by atoms with Crippen LogP contribution < -0.4 is 9.64 Å². The zero-order valence-corrected chi connectivity index (χ0v) is 14.3. The Morgan fingerprint density at radius 2 is 1.77 bits per heavy atom. The molecule has 0 N–H and O–H groups in total. The van der Waals surface area contributed by atoms with Crippen molar-refractivity contribution in [3.05, 3.63) is 58.7 Å². The van der Waals surface area contributed by atoms with E-state index in [0.717, 1.165) is 50.5 Å². The van der Waals surface area contributed by atoms with Gasteiger partial charge in [0.2, 0.25) is 0 Å². The summed E-state index contributed by atoms with van der Waals surface area (Å²) >= 11 is 0. The summed E-state index contributed by atoms with van der Waals surface area (Å²) in [4.78, 5) is 4.01. The third-order valence-electron chi connectivity index (χ3n) is 4.99. The monoisotopic (exact) mass is 355 g/mol. The van der Waals surface area contributed by atoms with E-state index in [1.807, 2.05) is 6.07 Å². The molecule has 1 saturated heterocycles. The van der Waals surface area contributed by atoms with E-state index < -0.39 is 11.6 Å². The molecule has 2 heterocycles. The molecule has 4 nitrogen and oxygen atoms in total. The van der Waals surface area contributed by atoms with Crippen LogP contribution in [0.5, 0.6) is 5.75 Å². The van der Waals surface area contributed by atoms with Crippen molar-refractivity contribution in [2.45, 2.75) is 13.0 Å². The van der Waals surface area contributed by atoms with Crippen molar-refractivity contribution in [3.8, 4) is 11.8 Å². The number of fused-ring (bicyclic) bond motifs is 1. The van der Waals surface area contributed by atoms with Crippen LogP contribution in [0.4, 0.5) is 14.5 Å². The molecule has 2 aromatic carbocycles. The summed E-state index contributed by atoms with van der Waals surface area (Å²) in [6.45, 7) is 4.12. The van der Waals surface area contributed by atoms with Gasteiger partial charge in [-0.05, 0) is 29.3 Å². The van der Waals surface area contributed by atoms with Crippen molar-refractivity contribution >= 4 is 5.69 Å². The van der Waals surface area contributed by atoms with E-state index >= 15 is 0 Å².